The number of hydrogen-bond donors (Lipinski definition) is 1. The zero-order valence-electron chi connectivity index (χ0n) is 17.2. The number of amides is 2. The van der Waals surface area contributed by atoms with Crippen molar-refractivity contribution in [3.8, 4) is 5.75 Å². The third kappa shape index (κ3) is 6.86. The van der Waals surface area contributed by atoms with E-state index in [1.54, 1.807) is 37.3 Å². The molecule has 5 nitrogen and oxygen atoms in total. The second-order valence-electron chi connectivity index (χ2n) is 7.68. The molecule has 8 heteroatoms. The molecule has 0 saturated heterocycles. The van der Waals surface area contributed by atoms with Crippen molar-refractivity contribution in [2.75, 3.05) is 6.61 Å². The van der Waals surface area contributed by atoms with Crippen molar-refractivity contribution >= 4 is 50.9 Å². The maximum atomic E-state index is 13.1. The van der Waals surface area contributed by atoms with E-state index >= 15 is 0 Å². The van der Waals surface area contributed by atoms with Crippen molar-refractivity contribution in [1.29, 1.82) is 0 Å². The molecular weight excluding hydrogens is 503 g/mol. The van der Waals surface area contributed by atoms with Crippen LogP contribution in [0.15, 0.2) is 46.9 Å². The van der Waals surface area contributed by atoms with Crippen LogP contribution < -0.4 is 10.1 Å². The molecule has 1 saturated carbocycles. The highest BCUT2D eigenvalue weighted by Crippen LogP contribution is 2.28. The summed E-state index contributed by atoms with van der Waals surface area (Å²) in [5.74, 6) is -0.0685. The predicted molar refractivity (Wildman–Crippen MR) is 127 cm³/mol. The molecule has 1 N–H and O–H groups in total. The van der Waals surface area contributed by atoms with E-state index in [0.29, 0.717) is 15.8 Å². The van der Waals surface area contributed by atoms with E-state index in [2.05, 4.69) is 21.2 Å². The molecule has 0 heterocycles. The lowest BCUT2D eigenvalue weighted by Crippen LogP contribution is -2.50. The number of hydrogen-bond acceptors (Lipinski definition) is 3. The van der Waals surface area contributed by atoms with E-state index < -0.39 is 6.04 Å². The fraction of sp³-hybridized carbons (Fsp3) is 0.391. The first-order valence-corrected chi connectivity index (χ1v) is 11.8. The predicted octanol–water partition coefficient (Wildman–Crippen LogP) is 5.61. The van der Waals surface area contributed by atoms with Crippen LogP contribution in [-0.4, -0.2) is 35.4 Å². The first kappa shape index (κ1) is 23.9. The molecule has 2 aromatic carbocycles. The summed E-state index contributed by atoms with van der Waals surface area (Å²) in [7, 11) is 0. The number of halogens is 3. The van der Waals surface area contributed by atoms with Crippen molar-refractivity contribution in [1.82, 2.24) is 10.2 Å². The van der Waals surface area contributed by atoms with Crippen LogP contribution >= 0.6 is 39.1 Å². The molecule has 2 aromatic rings. The van der Waals surface area contributed by atoms with E-state index in [9.17, 15) is 9.59 Å². The van der Waals surface area contributed by atoms with Gasteiger partial charge in [-0.15, -0.1) is 0 Å². The second-order valence-corrected chi connectivity index (χ2v) is 9.44. The summed E-state index contributed by atoms with van der Waals surface area (Å²) < 4.78 is 6.47. The van der Waals surface area contributed by atoms with Crippen LogP contribution in [0.25, 0.3) is 0 Å². The summed E-state index contributed by atoms with van der Waals surface area (Å²) in [5.41, 5.74) is 0.836. The molecule has 1 aliphatic carbocycles. The fourth-order valence-corrected chi connectivity index (χ4v) is 4.56. The summed E-state index contributed by atoms with van der Waals surface area (Å²) in [6.07, 6.45) is 4.19. The SMILES string of the molecule is CC(C(=O)NC1CCCC1)N(Cc1cccc(Cl)c1)C(=O)COc1ccc(Br)cc1Cl. The van der Waals surface area contributed by atoms with Gasteiger partial charge in [0.15, 0.2) is 6.61 Å². The maximum absolute atomic E-state index is 13.1. The van der Waals surface area contributed by atoms with E-state index in [4.69, 9.17) is 27.9 Å². The molecule has 31 heavy (non-hydrogen) atoms. The van der Waals surface area contributed by atoms with Gasteiger partial charge in [-0.1, -0.05) is 64.1 Å². The Bertz CT molecular complexity index is 935. The monoisotopic (exact) mass is 526 g/mol. The molecule has 0 aromatic heterocycles. The standard InChI is InChI=1S/C23H25BrCl2N2O3/c1-15(23(30)27-19-7-2-3-8-19)28(13-16-5-4-6-18(25)11-16)22(29)14-31-21-10-9-17(24)12-20(21)26/h4-6,9-12,15,19H,2-3,7-8,13-14H2,1H3,(H,27,30). The zero-order chi connectivity index (χ0) is 22.4. The second kappa shape index (κ2) is 11.2. The normalized spacial score (nSPS) is 14.8. The molecule has 1 fully saturated rings. The number of nitrogens with one attached hydrogen (secondary N) is 1. The summed E-state index contributed by atoms with van der Waals surface area (Å²) in [5, 5.41) is 4.05. The third-order valence-electron chi connectivity index (χ3n) is 5.36. The first-order chi connectivity index (χ1) is 14.8. The quantitative estimate of drug-likeness (QED) is 0.485. The highest BCUT2D eigenvalue weighted by Gasteiger charge is 2.29. The van der Waals surface area contributed by atoms with Crippen LogP contribution in [0.5, 0.6) is 5.75 Å². The average Bonchev–Trinajstić information content (AvgIpc) is 3.23. The van der Waals surface area contributed by atoms with Gasteiger partial charge in [-0.2, -0.15) is 0 Å². The molecule has 0 spiro atoms. The Morgan fingerprint density at radius 1 is 1.19 bits per heavy atom. The average molecular weight is 528 g/mol. The summed E-state index contributed by atoms with van der Waals surface area (Å²) >= 11 is 15.6. The number of carbonyl (C=O) groups is 2. The lowest BCUT2D eigenvalue weighted by atomic mass is 10.1. The Morgan fingerprint density at radius 3 is 2.61 bits per heavy atom. The van der Waals surface area contributed by atoms with E-state index in [1.165, 1.54) is 4.90 Å². The highest BCUT2D eigenvalue weighted by molar-refractivity contribution is 9.10. The van der Waals surface area contributed by atoms with Crippen molar-refractivity contribution < 1.29 is 14.3 Å². The molecule has 3 rings (SSSR count). The number of ether oxygens (including phenoxy) is 1. The van der Waals surface area contributed by atoms with Gasteiger partial charge in [-0.05, 0) is 55.7 Å². The number of carbonyl (C=O) groups excluding carboxylic acids is 2. The van der Waals surface area contributed by atoms with Crippen LogP contribution in [0.2, 0.25) is 10.0 Å². The van der Waals surface area contributed by atoms with Crippen LogP contribution in [0, 0.1) is 0 Å². The van der Waals surface area contributed by atoms with Gasteiger partial charge in [0, 0.05) is 22.1 Å². The smallest absolute Gasteiger partial charge is 0.261 e. The third-order valence-corrected chi connectivity index (χ3v) is 6.38. The Morgan fingerprint density at radius 2 is 1.94 bits per heavy atom. The first-order valence-electron chi connectivity index (χ1n) is 10.3. The molecule has 0 aliphatic heterocycles. The molecular formula is C23H25BrCl2N2O3. The topological polar surface area (TPSA) is 58.6 Å². The van der Waals surface area contributed by atoms with E-state index in [1.807, 2.05) is 12.1 Å². The Hall–Kier alpha value is -1.76. The van der Waals surface area contributed by atoms with E-state index in [0.717, 1.165) is 35.7 Å². The van der Waals surface area contributed by atoms with Gasteiger partial charge in [0.25, 0.3) is 5.91 Å². The Balaban J connectivity index is 1.73. The van der Waals surface area contributed by atoms with Crippen LogP contribution in [0.1, 0.15) is 38.2 Å². The van der Waals surface area contributed by atoms with Gasteiger partial charge < -0.3 is 15.0 Å². The fourth-order valence-electron chi connectivity index (χ4n) is 3.62. The van der Waals surface area contributed by atoms with Crippen molar-refractivity contribution in [2.24, 2.45) is 0 Å². The van der Waals surface area contributed by atoms with Crippen molar-refractivity contribution in [3.63, 3.8) is 0 Å². The molecule has 1 atom stereocenters. The van der Waals surface area contributed by atoms with Crippen LogP contribution in [0.4, 0.5) is 0 Å². The van der Waals surface area contributed by atoms with Crippen LogP contribution in [-0.2, 0) is 16.1 Å². The minimum absolute atomic E-state index is 0.163. The van der Waals surface area contributed by atoms with Crippen molar-refractivity contribution in [3.05, 3.63) is 62.5 Å². The molecule has 1 unspecified atom stereocenters. The largest absolute Gasteiger partial charge is 0.482 e. The van der Waals surface area contributed by atoms with Gasteiger partial charge in [0.2, 0.25) is 5.91 Å². The Labute approximate surface area is 201 Å². The highest BCUT2D eigenvalue weighted by atomic mass is 79.9. The zero-order valence-corrected chi connectivity index (χ0v) is 20.3. The summed E-state index contributed by atoms with van der Waals surface area (Å²) in [6.45, 7) is 1.75. The molecule has 0 bridgehead atoms. The van der Waals surface area contributed by atoms with Crippen LogP contribution in [0.3, 0.4) is 0 Å². The molecule has 166 valence electrons. The number of benzene rings is 2. The van der Waals surface area contributed by atoms with E-state index in [-0.39, 0.29) is 31.0 Å². The minimum atomic E-state index is -0.656. The summed E-state index contributed by atoms with van der Waals surface area (Å²) in [6, 6.07) is 11.9. The van der Waals surface area contributed by atoms with Gasteiger partial charge in [-0.3, -0.25) is 9.59 Å². The molecule has 1 aliphatic rings. The van der Waals surface area contributed by atoms with Crippen molar-refractivity contribution in [2.45, 2.75) is 51.2 Å². The summed E-state index contributed by atoms with van der Waals surface area (Å²) in [4.78, 5) is 27.5. The molecule has 0 radical (unpaired) electrons. The van der Waals surface area contributed by atoms with Gasteiger partial charge in [-0.25, -0.2) is 0 Å². The van der Waals surface area contributed by atoms with Gasteiger partial charge in [0.1, 0.15) is 11.8 Å². The lowest BCUT2D eigenvalue weighted by Gasteiger charge is -2.29. The molecule has 2 amide bonds. The minimum Gasteiger partial charge on any atom is -0.482 e. The van der Waals surface area contributed by atoms with Gasteiger partial charge in [0.05, 0.1) is 5.02 Å². The number of rotatable bonds is 8. The number of nitrogens with zero attached hydrogens (tertiary/aromatic N) is 1. The van der Waals surface area contributed by atoms with Gasteiger partial charge >= 0.3 is 0 Å². The lowest BCUT2D eigenvalue weighted by molar-refractivity contribution is -0.142. The maximum Gasteiger partial charge on any atom is 0.261 e. The Kier molecular flexibility index (Phi) is 8.64.